The summed E-state index contributed by atoms with van der Waals surface area (Å²) < 4.78 is 5.53. The molecule has 0 spiro atoms. The van der Waals surface area contributed by atoms with E-state index in [0.717, 1.165) is 11.1 Å². The summed E-state index contributed by atoms with van der Waals surface area (Å²) in [5.41, 5.74) is 0.330. The molecule has 0 saturated carbocycles. The fraction of sp³-hybridized carbons (Fsp3) is 0.364. The Balaban J connectivity index is 1.80. The molecular weight excluding hydrogens is 340 g/mol. The van der Waals surface area contributed by atoms with Gasteiger partial charge in [-0.05, 0) is 38.8 Å². The van der Waals surface area contributed by atoms with E-state index in [1.165, 1.54) is 4.90 Å². The molecule has 27 heavy (non-hydrogen) atoms. The van der Waals surface area contributed by atoms with Gasteiger partial charge in [-0.3, -0.25) is 9.69 Å². The lowest BCUT2D eigenvalue weighted by Crippen LogP contribution is -2.40. The van der Waals surface area contributed by atoms with E-state index in [0.29, 0.717) is 6.54 Å². The Morgan fingerprint density at radius 1 is 1.04 bits per heavy atom. The maximum absolute atomic E-state index is 13.0. The van der Waals surface area contributed by atoms with Crippen LogP contribution in [0, 0.1) is 0 Å². The number of carbonyl (C=O) groups excluding carboxylic acids is 2. The third kappa shape index (κ3) is 3.97. The van der Waals surface area contributed by atoms with Crippen LogP contribution in [-0.2, 0) is 16.1 Å². The summed E-state index contributed by atoms with van der Waals surface area (Å²) >= 11 is 0. The molecule has 0 radical (unpaired) electrons. The molecule has 0 aliphatic carbocycles. The number of ether oxygens (including phenoxy) is 1. The van der Waals surface area contributed by atoms with Gasteiger partial charge in [0.1, 0.15) is 11.1 Å². The van der Waals surface area contributed by atoms with Crippen LogP contribution in [0.4, 0.5) is 4.79 Å². The van der Waals surface area contributed by atoms with Crippen molar-refractivity contribution in [3.05, 3.63) is 71.8 Å². The van der Waals surface area contributed by atoms with Gasteiger partial charge in [-0.1, -0.05) is 60.7 Å². The summed E-state index contributed by atoms with van der Waals surface area (Å²) in [5, 5.41) is 2.96. The fourth-order valence-electron chi connectivity index (χ4n) is 3.29. The first-order chi connectivity index (χ1) is 12.7. The van der Waals surface area contributed by atoms with E-state index in [1.54, 1.807) is 6.92 Å². The van der Waals surface area contributed by atoms with Crippen molar-refractivity contribution in [1.82, 2.24) is 10.2 Å². The van der Waals surface area contributed by atoms with Crippen LogP contribution < -0.4 is 5.32 Å². The van der Waals surface area contributed by atoms with E-state index in [-0.39, 0.29) is 11.9 Å². The van der Waals surface area contributed by atoms with Gasteiger partial charge in [-0.2, -0.15) is 0 Å². The molecule has 0 aromatic heterocycles. The minimum absolute atomic E-state index is 0.189. The zero-order valence-corrected chi connectivity index (χ0v) is 16.2. The molecular formula is C22H26N2O3. The maximum Gasteiger partial charge on any atom is 0.411 e. The number of hydrogen-bond acceptors (Lipinski definition) is 3. The van der Waals surface area contributed by atoms with Crippen molar-refractivity contribution in [1.29, 1.82) is 0 Å². The van der Waals surface area contributed by atoms with Crippen molar-refractivity contribution >= 4 is 12.0 Å². The van der Waals surface area contributed by atoms with Crippen molar-refractivity contribution in [2.75, 3.05) is 0 Å². The number of amides is 2. The second-order valence-corrected chi connectivity index (χ2v) is 7.98. The number of nitrogens with one attached hydrogen (secondary N) is 1. The second kappa shape index (κ2) is 7.06. The van der Waals surface area contributed by atoms with E-state index in [9.17, 15) is 9.59 Å². The molecule has 1 aliphatic rings. The Morgan fingerprint density at radius 3 is 2.15 bits per heavy atom. The van der Waals surface area contributed by atoms with E-state index in [2.05, 4.69) is 5.32 Å². The van der Waals surface area contributed by atoms with Gasteiger partial charge >= 0.3 is 6.09 Å². The molecule has 1 fully saturated rings. The predicted octanol–water partition coefficient (Wildman–Crippen LogP) is 4.05. The quantitative estimate of drug-likeness (QED) is 0.831. The molecule has 1 aliphatic heterocycles. The maximum atomic E-state index is 13.0. The van der Waals surface area contributed by atoms with Crippen LogP contribution in [0.3, 0.4) is 0 Å². The van der Waals surface area contributed by atoms with Gasteiger partial charge in [-0.15, -0.1) is 0 Å². The molecule has 0 bridgehead atoms. The Morgan fingerprint density at radius 2 is 1.59 bits per heavy atom. The highest BCUT2D eigenvalue weighted by Crippen LogP contribution is 2.54. The molecule has 2 aromatic carbocycles. The van der Waals surface area contributed by atoms with Gasteiger partial charge in [0.05, 0.1) is 6.04 Å². The van der Waals surface area contributed by atoms with Crippen LogP contribution in [-0.4, -0.2) is 28.0 Å². The molecule has 1 heterocycles. The van der Waals surface area contributed by atoms with Crippen LogP contribution in [0.15, 0.2) is 60.7 Å². The zero-order chi connectivity index (χ0) is 19.7. The first-order valence-corrected chi connectivity index (χ1v) is 9.13. The summed E-state index contributed by atoms with van der Waals surface area (Å²) in [6.07, 6.45) is -0.478. The highest BCUT2D eigenvalue weighted by atomic mass is 16.6. The van der Waals surface area contributed by atoms with Gasteiger partial charge in [0, 0.05) is 6.54 Å². The van der Waals surface area contributed by atoms with Crippen molar-refractivity contribution < 1.29 is 14.3 Å². The normalized spacial score (nSPS) is 21.5. The molecule has 5 heteroatoms. The molecule has 3 rings (SSSR count). The third-order valence-corrected chi connectivity index (χ3v) is 4.68. The van der Waals surface area contributed by atoms with Gasteiger partial charge in [0.15, 0.2) is 0 Å². The number of nitrogens with zero attached hydrogens (tertiary/aromatic N) is 1. The lowest BCUT2D eigenvalue weighted by Gasteiger charge is -2.21. The van der Waals surface area contributed by atoms with Gasteiger partial charge < -0.3 is 10.1 Å². The molecule has 2 amide bonds. The summed E-state index contributed by atoms with van der Waals surface area (Å²) in [6, 6.07) is 18.9. The third-order valence-electron chi connectivity index (χ3n) is 4.68. The number of benzene rings is 2. The Bertz CT molecular complexity index is 814. The first kappa shape index (κ1) is 19.0. The van der Waals surface area contributed by atoms with Crippen LogP contribution in [0.2, 0.25) is 0 Å². The topological polar surface area (TPSA) is 58.4 Å². The summed E-state index contributed by atoms with van der Waals surface area (Å²) in [6.45, 7) is 7.66. The van der Waals surface area contributed by atoms with Crippen LogP contribution in [0.5, 0.6) is 0 Å². The lowest BCUT2D eigenvalue weighted by atomic mass is 10.0. The van der Waals surface area contributed by atoms with Crippen molar-refractivity contribution in [3.8, 4) is 0 Å². The van der Waals surface area contributed by atoms with Crippen LogP contribution >= 0.6 is 0 Å². The average molecular weight is 366 g/mol. The molecule has 1 saturated heterocycles. The monoisotopic (exact) mass is 366 g/mol. The lowest BCUT2D eigenvalue weighted by molar-refractivity contribution is -0.124. The summed E-state index contributed by atoms with van der Waals surface area (Å²) in [5.74, 6) is -0.189. The van der Waals surface area contributed by atoms with E-state index < -0.39 is 17.2 Å². The van der Waals surface area contributed by atoms with Gasteiger partial charge in [0.2, 0.25) is 5.91 Å². The molecule has 1 N–H and O–H groups in total. The minimum Gasteiger partial charge on any atom is -0.444 e. The SMILES string of the molecule is CC(C)(C)OC(=O)N1[C@H](c2ccccc2)[C@@]1(C)C(=O)NCc1ccccc1. The standard InChI is InChI=1S/C22H26N2O3/c1-21(2,3)27-20(26)24-18(17-13-9-6-10-14-17)22(24,4)19(25)23-15-16-11-7-5-8-12-16/h5-14,18H,15H2,1-4H3,(H,23,25)/t18-,22+,24?/m1/s1. The number of rotatable bonds is 4. The van der Waals surface area contributed by atoms with E-state index >= 15 is 0 Å². The van der Waals surface area contributed by atoms with Crippen LogP contribution in [0.25, 0.3) is 0 Å². The number of carbonyl (C=O) groups is 2. The molecule has 5 nitrogen and oxygen atoms in total. The van der Waals surface area contributed by atoms with E-state index in [1.807, 2.05) is 81.4 Å². The van der Waals surface area contributed by atoms with Crippen LogP contribution in [0.1, 0.15) is 44.9 Å². The molecule has 2 aromatic rings. The zero-order valence-electron chi connectivity index (χ0n) is 16.2. The second-order valence-electron chi connectivity index (χ2n) is 7.98. The molecule has 142 valence electrons. The average Bonchev–Trinajstić information content (AvgIpc) is 3.27. The molecule has 0 unspecified atom stereocenters. The van der Waals surface area contributed by atoms with Gasteiger partial charge in [0.25, 0.3) is 0 Å². The smallest absolute Gasteiger partial charge is 0.411 e. The highest BCUT2D eigenvalue weighted by Gasteiger charge is 2.68. The highest BCUT2D eigenvalue weighted by molar-refractivity contribution is 5.96. The fourth-order valence-corrected chi connectivity index (χ4v) is 3.29. The van der Waals surface area contributed by atoms with Gasteiger partial charge in [-0.25, -0.2) is 4.79 Å². The summed E-state index contributed by atoms with van der Waals surface area (Å²) in [4.78, 5) is 27.2. The first-order valence-electron chi connectivity index (χ1n) is 9.13. The Labute approximate surface area is 160 Å². The predicted molar refractivity (Wildman–Crippen MR) is 104 cm³/mol. The Hall–Kier alpha value is -2.82. The minimum atomic E-state index is -0.974. The van der Waals surface area contributed by atoms with Crippen molar-refractivity contribution in [2.45, 2.75) is 51.4 Å². The molecule has 2 atom stereocenters. The van der Waals surface area contributed by atoms with E-state index in [4.69, 9.17) is 4.74 Å². The van der Waals surface area contributed by atoms with Crippen molar-refractivity contribution in [3.63, 3.8) is 0 Å². The summed E-state index contributed by atoms with van der Waals surface area (Å²) in [7, 11) is 0. The van der Waals surface area contributed by atoms with Crippen molar-refractivity contribution in [2.24, 2.45) is 0 Å². The number of hydrogen-bond donors (Lipinski definition) is 1. The Kier molecular flexibility index (Phi) is 4.96. The largest absolute Gasteiger partial charge is 0.444 e.